The van der Waals surface area contributed by atoms with Gasteiger partial charge in [0.15, 0.2) is 6.04 Å². The molecule has 3 rings (SSSR count). The van der Waals surface area contributed by atoms with E-state index in [9.17, 15) is 9.59 Å². The van der Waals surface area contributed by atoms with Crippen LogP contribution >= 0.6 is 11.6 Å². The molecule has 0 aliphatic heterocycles. The zero-order valence-corrected chi connectivity index (χ0v) is 14.5. The Balaban J connectivity index is 1.61. The van der Waals surface area contributed by atoms with E-state index in [1.807, 2.05) is 30.3 Å². The Morgan fingerprint density at radius 3 is 2.58 bits per heavy atom. The van der Waals surface area contributed by atoms with Gasteiger partial charge in [-0.15, -0.1) is 10.2 Å². The minimum atomic E-state index is -0.764. The number of rotatable bonds is 4. The number of benzene rings is 2. The molecule has 0 spiro atoms. The molecule has 0 bridgehead atoms. The van der Waals surface area contributed by atoms with Gasteiger partial charge >= 0.3 is 0 Å². The summed E-state index contributed by atoms with van der Waals surface area (Å²) in [5, 5.41) is 12.5. The smallest absolute Gasteiger partial charge is 0.269 e. The fraction of sp³-hybridized carbons (Fsp3) is 0.118. The van der Waals surface area contributed by atoms with Crippen LogP contribution in [0.4, 0.5) is 0 Å². The number of tetrazole rings is 1. The molecule has 132 valence electrons. The maximum atomic E-state index is 12.2. The van der Waals surface area contributed by atoms with Crippen LogP contribution < -0.4 is 10.9 Å². The van der Waals surface area contributed by atoms with Crippen molar-refractivity contribution >= 4 is 23.4 Å². The van der Waals surface area contributed by atoms with E-state index < -0.39 is 17.9 Å². The molecule has 0 saturated carbocycles. The van der Waals surface area contributed by atoms with Gasteiger partial charge in [0.25, 0.3) is 11.8 Å². The highest BCUT2D eigenvalue weighted by atomic mass is 35.5. The van der Waals surface area contributed by atoms with E-state index in [1.54, 1.807) is 25.1 Å². The lowest BCUT2D eigenvalue weighted by molar-refractivity contribution is -0.125. The second-order valence-corrected chi connectivity index (χ2v) is 5.87. The number of aromatic nitrogens is 4. The molecule has 2 aromatic carbocycles. The fourth-order valence-corrected chi connectivity index (χ4v) is 2.31. The first-order valence-corrected chi connectivity index (χ1v) is 8.13. The molecule has 3 aromatic rings. The van der Waals surface area contributed by atoms with Gasteiger partial charge in [-0.3, -0.25) is 20.4 Å². The van der Waals surface area contributed by atoms with Crippen molar-refractivity contribution < 1.29 is 9.59 Å². The average molecular weight is 371 g/mol. The third-order valence-corrected chi connectivity index (χ3v) is 3.81. The highest BCUT2D eigenvalue weighted by molar-refractivity contribution is 6.30. The lowest BCUT2D eigenvalue weighted by Crippen LogP contribution is -2.44. The highest BCUT2D eigenvalue weighted by Gasteiger charge is 2.19. The summed E-state index contributed by atoms with van der Waals surface area (Å²) in [7, 11) is 0. The van der Waals surface area contributed by atoms with Crippen molar-refractivity contribution in [3.63, 3.8) is 0 Å². The van der Waals surface area contributed by atoms with Gasteiger partial charge in [0, 0.05) is 16.1 Å². The number of nitrogens with one attached hydrogen (secondary N) is 2. The fourth-order valence-electron chi connectivity index (χ4n) is 2.12. The maximum absolute atomic E-state index is 12.2. The largest absolute Gasteiger partial charge is 0.271 e. The first-order chi connectivity index (χ1) is 12.5. The highest BCUT2D eigenvalue weighted by Crippen LogP contribution is 2.13. The summed E-state index contributed by atoms with van der Waals surface area (Å²) in [6.07, 6.45) is 0. The quantitative estimate of drug-likeness (QED) is 0.684. The lowest BCUT2D eigenvalue weighted by atomic mass is 10.2. The van der Waals surface area contributed by atoms with Crippen LogP contribution in [0.3, 0.4) is 0 Å². The second kappa shape index (κ2) is 7.75. The van der Waals surface area contributed by atoms with Gasteiger partial charge in [-0.25, -0.2) is 0 Å². The van der Waals surface area contributed by atoms with Gasteiger partial charge in [-0.05, 0) is 30.3 Å². The molecule has 0 saturated heterocycles. The number of nitrogens with zero attached hydrogens (tertiary/aromatic N) is 4. The Bertz CT molecular complexity index is 928. The Kier molecular flexibility index (Phi) is 5.23. The molecule has 0 aliphatic carbocycles. The number of carbonyl (C=O) groups is 2. The summed E-state index contributed by atoms with van der Waals surface area (Å²) >= 11 is 5.84. The summed E-state index contributed by atoms with van der Waals surface area (Å²) in [6, 6.07) is 14.9. The minimum absolute atomic E-state index is 0.329. The number of amides is 2. The van der Waals surface area contributed by atoms with E-state index in [1.165, 1.54) is 10.9 Å². The molecule has 0 radical (unpaired) electrons. The van der Waals surface area contributed by atoms with Crippen LogP contribution in [-0.2, 0) is 4.79 Å². The predicted molar refractivity (Wildman–Crippen MR) is 95.0 cm³/mol. The van der Waals surface area contributed by atoms with Crippen molar-refractivity contribution in [2.75, 3.05) is 0 Å². The second-order valence-electron chi connectivity index (χ2n) is 5.43. The summed E-state index contributed by atoms with van der Waals surface area (Å²) in [6.45, 7) is 1.59. The van der Waals surface area contributed by atoms with E-state index in [0.717, 1.165) is 5.56 Å². The van der Waals surface area contributed by atoms with Crippen LogP contribution in [0, 0.1) is 0 Å². The summed E-state index contributed by atoms with van der Waals surface area (Å²) in [4.78, 5) is 25.4. The molecule has 1 atom stereocenters. The van der Waals surface area contributed by atoms with Crippen LogP contribution in [0.25, 0.3) is 11.4 Å². The van der Waals surface area contributed by atoms with Crippen LogP contribution in [0.15, 0.2) is 54.6 Å². The van der Waals surface area contributed by atoms with Gasteiger partial charge < -0.3 is 0 Å². The molecule has 1 aromatic heterocycles. The molecule has 2 amide bonds. The van der Waals surface area contributed by atoms with Crippen molar-refractivity contribution in [2.24, 2.45) is 0 Å². The standard InChI is InChI=1S/C17H15ClN6O2/c1-11(24-22-15(19-23-24)12-6-3-2-4-7-12)16(25)20-21-17(26)13-8-5-9-14(18)10-13/h2-11H,1H3,(H,20,25)(H,21,26). The summed E-state index contributed by atoms with van der Waals surface area (Å²) < 4.78 is 0. The topological polar surface area (TPSA) is 102 Å². The van der Waals surface area contributed by atoms with Crippen LogP contribution in [0.2, 0.25) is 5.02 Å². The van der Waals surface area contributed by atoms with E-state index in [-0.39, 0.29) is 0 Å². The molecule has 1 unspecified atom stereocenters. The molecule has 9 heteroatoms. The zero-order valence-electron chi connectivity index (χ0n) is 13.8. The van der Waals surface area contributed by atoms with Gasteiger partial charge in [0.1, 0.15) is 0 Å². The summed E-state index contributed by atoms with van der Waals surface area (Å²) in [5.74, 6) is -0.560. The van der Waals surface area contributed by atoms with E-state index >= 15 is 0 Å². The van der Waals surface area contributed by atoms with E-state index in [4.69, 9.17) is 11.6 Å². The van der Waals surface area contributed by atoms with Crippen LogP contribution in [0.5, 0.6) is 0 Å². The first-order valence-electron chi connectivity index (χ1n) is 7.75. The third kappa shape index (κ3) is 4.04. The molecular formula is C17H15ClN6O2. The molecule has 26 heavy (non-hydrogen) atoms. The number of hydrogen-bond acceptors (Lipinski definition) is 5. The SMILES string of the molecule is CC(C(=O)NNC(=O)c1cccc(Cl)c1)n1nnc(-c2ccccc2)n1. The van der Waals surface area contributed by atoms with Gasteiger partial charge in [-0.1, -0.05) is 48.0 Å². The van der Waals surface area contributed by atoms with Crippen molar-refractivity contribution in [3.05, 3.63) is 65.2 Å². The molecule has 2 N–H and O–H groups in total. The normalized spacial score (nSPS) is 11.6. The van der Waals surface area contributed by atoms with Crippen molar-refractivity contribution in [2.45, 2.75) is 13.0 Å². The van der Waals surface area contributed by atoms with Crippen molar-refractivity contribution in [3.8, 4) is 11.4 Å². The zero-order chi connectivity index (χ0) is 18.5. The Morgan fingerprint density at radius 2 is 1.85 bits per heavy atom. The minimum Gasteiger partial charge on any atom is -0.271 e. The van der Waals surface area contributed by atoms with Crippen molar-refractivity contribution in [1.82, 2.24) is 31.1 Å². The van der Waals surface area contributed by atoms with Gasteiger partial charge in [-0.2, -0.15) is 4.80 Å². The van der Waals surface area contributed by atoms with Gasteiger partial charge in [0.2, 0.25) is 5.82 Å². The van der Waals surface area contributed by atoms with E-state index in [0.29, 0.717) is 16.4 Å². The van der Waals surface area contributed by atoms with Gasteiger partial charge in [0.05, 0.1) is 0 Å². The Morgan fingerprint density at radius 1 is 1.08 bits per heavy atom. The molecule has 1 heterocycles. The lowest BCUT2D eigenvalue weighted by Gasteiger charge is -2.11. The van der Waals surface area contributed by atoms with E-state index in [2.05, 4.69) is 26.3 Å². The maximum Gasteiger partial charge on any atom is 0.269 e. The number of carbonyl (C=O) groups excluding carboxylic acids is 2. The Hall–Kier alpha value is -3.26. The average Bonchev–Trinajstić information content (AvgIpc) is 3.16. The molecular weight excluding hydrogens is 356 g/mol. The number of hydrazine groups is 1. The summed E-state index contributed by atoms with van der Waals surface area (Å²) in [5.41, 5.74) is 5.79. The Labute approximate surface area is 154 Å². The third-order valence-electron chi connectivity index (χ3n) is 3.57. The molecule has 8 nitrogen and oxygen atoms in total. The van der Waals surface area contributed by atoms with Crippen LogP contribution in [0.1, 0.15) is 23.3 Å². The predicted octanol–water partition coefficient (Wildman–Crippen LogP) is 2.02. The number of hydrogen-bond donors (Lipinski definition) is 2. The van der Waals surface area contributed by atoms with Crippen LogP contribution in [-0.4, -0.2) is 32.0 Å². The molecule has 0 fully saturated rings. The first kappa shape index (κ1) is 17.6. The van der Waals surface area contributed by atoms with Crippen molar-refractivity contribution in [1.29, 1.82) is 0 Å². The monoisotopic (exact) mass is 370 g/mol. The molecule has 0 aliphatic rings. The number of halogens is 1.